The van der Waals surface area contributed by atoms with Crippen molar-refractivity contribution in [2.24, 2.45) is 5.73 Å². The second-order valence-electron chi connectivity index (χ2n) is 5.15. The Morgan fingerprint density at radius 3 is 2.56 bits per heavy atom. The summed E-state index contributed by atoms with van der Waals surface area (Å²) < 4.78 is 10.5. The smallest absolute Gasteiger partial charge is 0.410 e. The Kier molecular flexibility index (Phi) is 4.15. The van der Waals surface area contributed by atoms with Gasteiger partial charge in [-0.25, -0.2) is 4.79 Å². The van der Waals surface area contributed by atoms with Crippen molar-refractivity contribution in [1.29, 1.82) is 0 Å². The van der Waals surface area contributed by atoms with E-state index in [1.807, 2.05) is 20.8 Å². The van der Waals surface area contributed by atoms with Crippen LogP contribution in [0.2, 0.25) is 0 Å². The number of carbonyl (C=O) groups excluding carboxylic acids is 1. The first kappa shape index (κ1) is 13.3. The summed E-state index contributed by atoms with van der Waals surface area (Å²) in [6.45, 7) is 6.71. The summed E-state index contributed by atoms with van der Waals surface area (Å²) in [4.78, 5) is 13.4. The van der Waals surface area contributed by atoms with Crippen molar-refractivity contribution in [3.8, 4) is 0 Å². The standard InChI is InChI=1S/C11H22N2O3/c1-11(2,3)16-10(14)13-6-5-8(12)9(7-13)15-4/h8-9H,5-7,12H2,1-4H3/t8-,9-/m0/s1. The maximum absolute atomic E-state index is 11.8. The summed E-state index contributed by atoms with van der Waals surface area (Å²) in [5, 5.41) is 0. The van der Waals surface area contributed by atoms with Gasteiger partial charge in [-0.1, -0.05) is 0 Å². The number of ether oxygens (including phenoxy) is 2. The maximum atomic E-state index is 11.8. The fourth-order valence-corrected chi connectivity index (χ4v) is 1.68. The minimum atomic E-state index is -0.459. The number of hydrogen-bond acceptors (Lipinski definition) is 4. The van der Waals surface area contributed by atoms with Crippen LogP contribution in [0.3, 0.4) is 0 Å². The van der Waals surface area contributed by atoms with Gasteiger partial charge in [0.25, 0.3) is 0 Å². The van der Waals surface area contributed by atoms with Crippen LogP contribution in [-0.4, -0.2) is 48.9 Å². The predicted molar refractivity (Wildman–Crippen MR) is 61.2 cm³/mol. The molecule has 0 bridgehead atoms. The quantitative estimate of drug-likeness (QED) is 0.729. The minimum absolute atomic E-state index is 0.00341. The van der Waals surface area contributed by atoms with Crippen molar-refractivity contribution in [2.75, 3.05) is 20.2 Å². The van der Waals surface area contributed by atoms with Gasteiger partial charge >= 0.3 is 6.09 Å². The lowest BCUT2D eigenvalue weighted by Crippen LogP contribution is -2.53. The molecule has 1 amide bonds. The normalized spacial score (nSPS) is 26.7. The number of hydrogen-bond donors (Lipinski definition) is 1. The first-order valence-corrected chi connectivity index (χ1v) is 5.60. The van der Waals surface area contributed by atoms with Crippen molar-refractivity contribution in [1.82, 2.24) is 4.90 Å². The van der Waals surface area contributed by atoms with Crippen molar-refractivity contribution in [3.05, 3.63) is 0 Å². The monoisotopic (exact) mass is 230 g/mol. The molecule has 16 heavy (non-hydrogen) atoms. The molecule has 1 aliphatic rings. The SMILES string of the molecule is CO[C@H]1CN(C(=O)OC(C)(C)C)CC[C@@H]1N. The van der Waals surface area contributed by atoms with Gasteiger partial charge in [0.2, 0.25) is 0 Å². The summed E-state index contributed by atoms with van der Waals surface area (Å²) in [5.41, 5.74) is 5.42. The fraction of sp³-hybridized carbons (Fsp3) is 0.909. The number of methoxy groups -OCH3 is 1. The number of rotatable bonds is 1. The Morgan fingerprint density at radius 2 is 2.06 bits per heavy atom. The number of nitrogens with two attached hydrogens (primary N) is 1. The van der Waals surface area contributed by atoms with Crippen molar-refractivity contribution in [3.63, 3.8) is 0 Å². The number of carbonyl (C=O) groups is 1. The van der Waals surface area contributed by atoms with Gasteiger partial charge in [0.15, 0.2) is 0 Å². The van der Waals surface area contributed by atoms with Crippen LogP contribution in [0.1, 0.15) is 27.2 Å². The van der Waals surface area contributed by atoms with E-state index >= 15 is 0 Å². The number of amides is 1. The Labute approximate surface area is 96.9 Å². The van der Waals surface area contributed by atoms with Crippen LogP contribution in [0.25, 0.3) is 0 Å². The van der Waals surface area contributed by atoms with Crippen LogP contribution >= 0.6 is 0 Å². The number of piperidine rings is 1. The summed E-state index contributed by atoms with van der Waals surface area (Å²) in [5.74, 6) is 0. The number of likely N-dealkylation sites (tertiary alicyclic amines) is 1. The van der Waals surface area contributed by atoms with Gasteiger partial charge < -0.3 is 20.1 Å². The summed E-state index contributed by atoms with van der Waals surface area (Å²) >= 11 is 0. The van der Waals surface area contributed by atoms with E-state index in [2.05, 4.69) is 0 Å². The third-order valence-corrected chi connectivity index (χ3v) is 2.56. The van der Waals surface area contributed by atoms with Crippen molar-refractivity contribution < 1.29 is 14.3 Å². The molecule has 1 heterocycles. The van der Waals surface area contributed by atoms with Gasteiger partial charge in [-0.3, -0.25) is 0 Å². The first-order chi connectivity index (χ1) is 7.33. The van der Waals surface area contributed by atoms with E-state index in [1.165, 1.54) is 0 Å². The molecule has 0 aromatic rings. The van der Waals surface area contributed by atoms with Gasteiger partial charge in [-0.2, -0.15) is 0 Å². The molecule has 94 valence electrons. The average Bonchev–Trinajstić information content (AvgIpc) is 2.15. The Hall–Kier alpha value is -0.810. The largest absolute Gasteiger partial charge is 0.444 e. The molecule has 5 nitrogen and oxygen atoms in total. The highest BCUT2D eigenvalue weighted by atomic mass is 16.6. The van der Waals surface area contributed by atoms with Crippen LogP contribution < -0.4 is 5.73 Å². The zero-order valence-electron chi connectivity index (χ0n) is 10.5. The topological polar surface area (TPSA) is 64.8 Å². The Bertz CT molecular complexity index is 250. The fourth-order valence-electron chi connectivity index (χ4n) is 1.68. The van der Waals surface area contributed by atoms with Gasteiger partial charge in [0.1, 0.15) is 5.60 Å². The molecule has 2 N–H and O–H groups in total. The van der Waals surface area contributed by atoms with Gasteiger partial charge in [0.05, 0.1) is 12.6 Å². The third-order valence-electron chi connectivity index (χ3n) is 2.56. The van der Waals surface area contributed by atoms with E-state index in [0.717, 1.165) is 6.42 Å². The van der Waals surface area contributed by atoms with E-state index in [-0.39, 0.29) is 18.2 Å². The second kappa shape index (κ2) is 5.01. The molecular formula is C11H22N2O3. The zero-order valence-corrected chi connectivity index (χ0v) is 10.5. The molecule has 0 unspecified atom stereocenters. The van der Waals surface area contributed by atoms with E-state index in [4.69, 9.17) is 15.2 Å². The Morgan fingerprint density at radius 1 is 1.44 bits per heavy atom. The van der Waals surface area contributed by atoms with Crippen LogP contribution in [-0.2, 0) is 9.47 Å². The predicted octanol–water partition coefficient (Wildman–Crippen LogP) is 0.970. The third kappa shape index (κ3) is 3.64. The van der Waals surface area contributed by atoms with Crippen LogP contribution in [0, 0.1) is 0 Å². The van der Waals surface area contributed by atoms with E-state index < -0.39 is 5.60 Å². The molecule has 0 aromatic heterocycles. The average molecular weight is 230 g/mol. The highest BCUT2D eigenvalue weighted by Crippen LogP contribution is 2.16. The van der Waals surface area contributed by atoms with Gasteiger partial charge in [-0.15, -0.1) is 0 Å². The first-order valence-electron chi connectivity index (χ1n) is 5.60. The van der Waals surface area contributed by atoms with E-state index in [1.54, 1.807) is 12.0 Å². The molecule has 1 fully saturated rings. The zero-order chi connectivity index (χ0) is 12.3. The highest BCUT2D eigenvalue weighted by molar-refractivity contribution is 5.68. The lowest BCUT2D eigenvalue weighted by Gasteiger charge is -2.36. The van der Waals surface area contributed by atoms with Crippen LogP contribution in [0.15, 0.2) is 0 Å². The molecule has 0 spiro atoms. The molecule has 0 saturated carbocycles. The maximum Gasteiger partial charge on any atom is 0.410 e. The molecule has 0 aliphatic carbocycles. The van der Waals surface area contributed by atoms with Gasteiger partial charge in [0, 0.05) is 19.7 Å². The molecule has 0 radical (unpaired) electrons. The van der Waals surface area contributed by atoms with E-state index in [0.29, 0.717) is 13.1 Å². The van der Waals surface area contributed by atoms with Crippen molar-refractivity contribution >= 4 is 6.09 Å². The summed E-state index contributed by atoms with van der Waals surface area (Å²) in [6, 6.07) is 0.00341. The van der Waals surface area contributed by atoms with Crippen LogP contribution in [0.5, 0.6) is 0 Å². The molecular weight excluding hydrogens is 208 g/mol. The summed E-state index contributed by atoms with van der Waals surface area (Å²) in [7, 11) is 1.61. The highest BCUT2D eigenvalue weighted by Gasteiger charge is 2.31. The Balaban J connectivity index is 2.52. The lowest BCUT2D eigenvalue weighted by atomic mass is 10.0. The molecule has 5 heteroatoms. The molecule has 1 aliphatic heterocycles. The lowest BCUT2D eigenvalue weighted by molar-refractivity contribution is -0.0126. The minimum Gasteiger partial charge on any atom is -0.444 e. The molecule has 2 atom stereocenters. The van der Waals surface area contributed by atoms with E-state index in [9.17, 15) is 4.79 Å². The van der Waals surface area contributed by atoms with Crippen LogP contribution in [0.4, 0.5) is 4.79 Å². The van der Waals surface area contributed by atoms with Crippen molar-refractivity contribution in [2.45, 2.75) is 44.9 Å². The number of nitrogens with zero attached hydrogens (tertiary/aromatic N) is 1. The van der Waals surface area contributed by atoms with Gasteiger partial charge in [-0.05, 0) is 27.2 Å². The molecule has 1 rings (SSSR count). The molecule has 1 saturated heterocycles. The molecule has 0 aromatic carbocycles. The second-order valence-corrected chi connectivity index (χ2v) is 5.15. The summed E-state index contributed by atoms with van der Waals surface area (Å²) in [6.07, 6.45) is 0.361.